The normalized spacial score (nSPS) is 15.0. The van der Waals surface area contributed by atoms with Crippen molar-refractivity contribution in [3.05, 3.63) is 35.3 Å². The zero-order valence-corrected chi connectivity index (χ0v) is 18.8. The molecular formula is C22H29N3O4S. The van der Waals surface area contributed by atoms with Crippen molar-refractivity contribution >= 4 is 29.2 Å². The molecule has 1 N–H and O–H groups in total. The van der Waals surface area contributed by atoms with Crippen LogP contribution in [0.15, 0.2) is 29.6 Å². The highest BCUT2D eigenvalue weighted by Crippen LogP contribution is 2.30. The van der Waals surface area contributed by atoms with Crippen LogP contribution < -0.4 is 5.32 Å². The highest BCUT2D eigenvalue weighted by molar-refractivity contribution is 7.13. The fourth-order valence-electron chi connectivity index (χ4n) is 3.20. The molecule has 0 radical (unpaired) electrons. The molecule has 1 aliphatic rings. The van der Waals surface area contributed by atoms with Crippen LogP contribution in [0.5, 0.6) is 0 Å². The number of para-hydroxylation sites is 1. The molecule has 8 heteroatoms. The van der Waals surface area contributed by atoms with Gasteiger partial charge >= 0.3 is 12.2 Å². The summed E-state index contributed by atoms with van der Waals surface area (Å²) in [4.78, 5) is 30.7. The SMILES string of the molecule is Cc1csc(-c2ccccc2NC(=O)OCC2CCN(C(=O)OC(C)(C)C)CC2)n1. The first-order chi connectivity index (χ1) is 14.2. The number of amides is 2. The van der Waals surface area contributed by atoms with Crippen molar-refractivity contribution in [2.24, 2.45) is 5.92 Å². The van der Waals surface area contributed by atoms with Gasteiger partial charge in [0.1, 0.15) is 10.6 Å². The second-order valence-electron chi connectivity index (χ2n) is 8.47. The lowest BCUT2D eigenvalue weighted by atomic mass is 9.98. The number of thiazole rings is 1. The molecule has 0 aliphatic carbocycles. The van der Waals surface area contributed by atoms with Crippen LogP contribution in [0.1, 0.15) is 39.3 Å². The molecule has 0 atom stereocenters. The molecular weight excluding hydrogens is 402 g/mol. The van der Waals surface area contributed by atoms with Gasteiger partial charge in [-0.2, -0.15) is 0 Å². The van der Waals surface area contributed by atoms with E-state index in [1.54, 1.807) is 16.2 Å². The van der Waals surface area contributed by atoms with E-state index in [9.17, 15) is 9.59 Å². The Morgan fingerprint density at radius 2 is 1.93 bits per heavy atom. The number of nitrogens with one attached hydrogen (secondary N) is 1. The average molecular weight is 432 g/mol. The Balaban J connectivity index is 1.47. The summed E-state index contributed by atoms with van der Waals surface area (Å²) in [5.74, 6) is 0.228. The van der Waals surface area contributed by atoms with Crippen molar-refractivity contribution < 1.29 is 19.1 Å². The number of hydrogen-bond acceptors (Lipinski definition) is 6. The van der Waals surface area contributed by atoms with Gasteiger partial charge in [0.15, 0.2) is 0 Å². The van der Waals surface area contributed by atoms with Crippen molar-refractivity contribution in [1.82, 2.24) is 9.88 Å². The first kappa shape index (κ1) is 22.1. The Kier molecular flexibility index (Phi) is 6.97. The van der Waals surface area contributed by atoms with E-state index in [2.05, 4.69) is 10.3 Å². The molecule has 0 unspecified atom stereocenters. The molecule has 2 aromatic rings. The van der Waals surface area contributed by atoms with Gasteiger partial charge in [0.2, 0.25) is 0 Å². The second-order valence-corrected chi connectivity index (χ2v) is 9.33. The van der Waals surface area contributed by atoms with E-state index in [-0.39, 0.29) is 12.0 Å². The predicted octanol–water partition coefficient (Wildman–Crippen LogP) is 5.31. The number of carbonyl (C=O) groups excluding carboxylic acids is 2. The van der Waals surface area contributed by atoms with Crippen LogP contribution >= 0.6 is 11.3 Å². The number of likely N-dealkylation sites (tertiary alicyclic amines) is 1. The summed E-state index contributed by atoms with van der Waals surface area (Å²) in [7, 11) is 0. The van der Waals surface area contributed by atoms with Gasteiger partial charge in [-0.1, -0.05) is 12.1 Å². The minimum atomic E-state index is -0.497. The smallest absolute Gasteiger partial charge is 0.411 e. The largest absolute Gasteiger partial charge is 0.449 e. The van der Waals surface area contributed by atoms with E-state index in [1.807, 2.05) is 57.3 Å². The van der Waals surface area contributed by atoms with Crippen LogP contribution in [0.3, 0.4) is 0 Å². The second kappa shape index (κ2) is 9.47. The van der Waals surface area contributed by atoms with E-state index in [0.29, 0.717) is 25.4 Å². The molecule has 1 aliphatic heterocycles. The Morgan fingerprint density at radius 3 is 2.57 bits per heavy atom. The molecule has 0 bridgehead atoms. The third-order valence-electron chi connectivity index (χ3n) is 4.73. The Labute approximate surface area is 181 Å². The summed E-state index contributed by atoms with van der Waals surface area (Å²) < 4.78 is 10.9. The molecule has 7 nitrogen and oxygen atoms in total. The number of benzene rings is 1. The van der Waals surface area contributed by atoms with Gasteiger partial charge in [0.05, 0.1) is 12.3 Å². The number of aryl methyl sites for hydroxylation is 1. The highest BCUT2D eigenvalue weighted by atomic mass is 32.1. The predicted molar refractivity (Wildman–Crippen MR) is 118 cm³/mol. The number of hydrogen-bond donors (Lipinski definition) is 1. The Morgan fingerprint density at radius 1 is 1.23 bits per heavy atom. The first-order valence-electron chi connectivity index (χ1n) is 10.1. The maximum Gasteiger partial charge on any atom is 0.411 e. The summed E-state index contributed by atoms with van der Waals surface area (Å²) in [5.41, 5.74) is 2.00. The van der Waals surface area contributed by atoms with E-state index >= 15 is 0 Å². The average Bonchev–Trinajstić information content (AvgIpc) is 3.12. The van der Waals surface area contributed by atoms with Crippen molar-refractivity contribution in [2.75, 3.05) is 25.0 Å². The molecule has 30 heavy (non-hydrogen) atoms. The van der Waals surface area contributed by atoms with Gasteiger partial charge in [0.25, 0.3) is 0 Å². The molecule has 162 valence electrons. The van der Waals surface area contributed by atoms with E-state index in [1.165, 1.54) is 0 Å². The summed E-state index contributed by atoms with van der Waals surface area (Å²) >= 11 is 1.54. The standard InChI is InChI=1S/C22H29N3O4S/c1-15-14-30-19(23-15)17-7-5-6-8-18(17)24-20(26)28-13-16-9-11-25(12-10-16)21(27)29-22(2,3)4/h5-8,14,16H,9-13H2,1-4H3,(H,24,26). The quantitative estimate of drug-likeness (QED) is 0.709. The maximum absolute atomic E-state index is 12.3. The van der Waals surface area contributed by atoms with Crippen LogP contribution in [0.4, 0.5) is 15.3 Å². The monoisotopic (exact) mass is 431 g/mol. The van der Waals surface area contributed by atoms with Gasteiger partial charge in [-0.25, -0.2) is 14.6 Å². The summed E-state index contributed by atoms with van der Waals surface area (Å²) in [6.45, 7) is 9.06. The first-order valence-corrected chi connectivity index (χ1v) is 11.0. The van der Waals surface area contributed by atoms with E-state index in [0.717, 1.165) is 29.1 Å². The molecule has 1 saturated heterocycles. The van der Waals surface area contributed by atoms with Crippen LogP contribution in [-0.2, 0) is 9.47 Å². The topological polar surface area (TPSA) is 80.8 Å². The molecule has 1 fully saturated rings. The van der Waals surface area contributed by atoms with Gasteiger partial charge in [-0.3, -0.25) is 5.32 Å². The lowest BCUT2D eigenvalue weighted by Gasteiger charge is -2.33. The number of rotatable bonds is 4. The van der Waals surface area contributed by atoms with Gasteiger partial charge in [-0.05, 0) is 58.6 Å². The minimum absolute atomic E-state index is 0.228. The highest BCUT2D eigenvalue weighted by Gasteiger charge is 2.27. The molecule has 2 amide bonds. The number of ether oxygens (including phenoxy) is 2. The van der Waals surface area contributed by atoms with Gasteiger partial charge in [-0.15, -0.1) is 11.3 Å². The molecule has 2 heterocycles. The van der Waals surface area contributed by atoms with Crippen LogP contribution in [0.2, 0.25) is 0 Å². The summed E-state index contributed by atoms with van der Waals surface area (Å²) in [6, 6.07) is 7.56. The lowest BCUT2D eigenvalue weighted by Crippen LogP contribution is -2.42. The maximum atomic E-state index is 12.3. The summed E-state index contributed by atoms with van der Waals surface area (Å²) in [5, 5.41) is 5.67. The molecule has 3 rings (SSSR count). The number of aromatic nitrogens is 1. The fraction of sp³-hybridized carbons (Fsp3) is 0.500. The fourth-order valence-corrected chi connectivity index (χ4v) is 4.04. The van der Waals surface area contributed by atoms with Crippen LogP contribution in [-0.4, -0.2) is 47.4 Å². The molecule has 0 spiro atoms. The van der Waals surface area contributed by atoms with Crippen molar-refractivity contribution in [3.63, 3.8) is 0 Å². The lowest BCUT2D eigenvalue weighted by molar-refractivity contribution is 0.0153. The zero-order valence-electron chi connectivity index (χ0n) is 17.9. The number of nitrogens with zero attached hydrogens (tertiary/aromatic N) is 2. The molecule has 0 saturated carbocycles. The minimum Gasteiger partial charge on any atom is -0.449 e. The molecule has 1 aromatic heterocycles. The third-order valence-corrected chi connectivity index (χ3v) is 5.72. The molecule has 1 aromatic carbocycles. The Bertz CT molecular complexity index is 883. The van der Waals surface area contributed by atoms with E-state index in [4.69, 9.17) is 9.47 Å². The van der Waals surface area contributed by atoms with E-state index < -0.39 is 11.7 Å². The van der Waals surface area contributed by atoms with Crippen molar-refractivity contribution in [1.29, 1.82) is 0 Å². The van der Waals surface area contributed by atoms with Crippen LogP contribution in [0, 0.1) is 12.8 Å². The van der Waals surface area contributed by atoms with Gasteiger partial charge in [0, 0.05) is 29.7 Å². The third kappa shape index (κ3) is 6.19. The summed E-state index contributed by atoms with van der Waals surface area (Å²) in [6.07, 6.45) is 0.794. The number of carbonyl (C=O) groups is 2. The zero-order chi connectivity index (χ0) is 21.7. The van der Waals surface area contributed by atoms with Gasteiger partial charge < -0.3 is 14.4 Å². The number of piperidine rings is 1. The number of anilines is 1. The Hall–Kier alpha value is -2.61. The van der Waals surface area contributed by atoms with Crippen molar-refractivity contribution in [3.8, 4) is 10.6 Å². The van der Waals surface area contributed by atoms with Crippen LogP contribution in [0.25, 0.3) is 10.6 Å². The van der Waals surface area contributed by atoms with Crippen molar-refractivity contribution in [2.45, 2.75) is 46.1 Å².